The number of rotatable bonds is 3. The van der Waals surface area contributed by atoms with Crippen LogP contribution in [0, 0.1) is 0 Å². The van der Waals surface area contributed by atoms with Crippen molar-refractivity contribution in [2.45, 2.75) is 32.9 Å². The molecule has 6 heteroatoms. The van der Waals surface area contributed by atoms with Crippen LogP contribution in [-0.2, 0) is 4.79 Å². The molecule has 0 unspecified atom stereocenters. The van der Waals surface area contributed by atoms with Crippen molar-refractivity contribution in [3.8, 4) is 5.75 Å². The molecule has 1 aliphatic rings. The number of anilines is 1. The zero-order chi connectivity index (χ0) is 18.0. The Morgan fingerprint density at radius 1 is 1.20 bits per heavy atom. The summed E-state index contributed by atoms with van der Waals surface area (Å²) in [6, 6.07) is 12.7. The zero-order valence-electron chi connectivity index (χ0n) is 14.5. The number of fused-ring (bicyclic) bond motifs is 1. The number of nitrogens with zero attached hydrogens (tertiary/aromatic N) is 3. The number of hydrogen-bond donors (Lipinski definition) is 0. The summed E-state index contributed by atoms with van der Waals surface area (Å²) in [5.41, 5.74) is 1.18. The molecule has 1 atom stereocenters. The van der Waals surface area contributed by atoms with E-state index >= 15 is 0 Å². The fraction of sp³-hybridized carbons (Fsp3) is 0.316. The largest absolute Gasteiger partial charge is 0.479 e. The number of carbonyl (C=O) groups is 2. The van der Waals surface area contributed by atoms with Gasteiger partial charge in [-0.1, -0.05) is 18.2 Å². The Kier molecular flexibility index (Phi) is 4.70. The standard InChI is InChI=1S/C19H21N3O3/c1-13(2)20-17-10-6-7-11-21(17)18(23)12-22-15-8-4-5-9-16(15)25-14(3)19(22)24/h4-11,13-14H,12H2,1-3H3/t14-/m0/s1. The van der Waals surface area contributed by atoms with Gasteiger partial charge in [-0.2, -0.15) is 0 Å². The van der Waals surface area contributed by atoms with E-state index in [0.717, 1.165) is 0 Å². The zero-order valence-corrected chi connectivity index (χ0v) is 14.5. The van der Waals surface area contributed by atoms with E-state index < -0.39 is 6.10 Å². The highest BCUT2D eigenvalue weighted by molar-refractivity contribution is 6.03. The number of amides is 1. The van der Waals surface area contributed by atoms with Crippen molar-refractivity contribution in [2.75, 3.05) is 11.4 Å². The van der Waals surface area contributed by atoms with Crippen molar-refractivity contribution in [2.24, 2.45) is 4.99 Å². The SMILES string of the molecule is CC(C)N=c1ccccn1C(=O)CN1C(=O)[C@H](C)Oc2ccccc21. The normalized spacial score (nSPS) is 17.4. The molecule has 1 aromatic heterocycles. The minimum atomic E-state index is -0.622. The summed E-state index contributed by atoms with van der Waals surface area (Å²) >= 11 is 0. The molecule has 0 saturated heterocycles. The monoisotopic (exact) mass is 339 g/mol. The van der Waals surface area contributed by atoms with Crippen LogP contribution in [0.15, 0.2) is 53.7 Å². The minimum absolute atomic E-state index is 0.0622. The fourth-order valence-electron chi connectivity index (χ4n) is 2.75. The topological polar surface area (TPSA) is 63.9 Å². The molecule has 130 valence electrons. The summed E-state index contributed by atoms with van der Waals surface area (Å²) in [5, 5.41) is 0. The second kappa shape index (κ2) is 6.93. The predicted octanol–water partition coefficient (Wildman–Crippen LogP) is 2.25. The molecule has 25 heavy (non-hydrogen) atoms. The van der Waals surface area contributed by atoms with Crippen LogP contribution in [-0.4, -0.2) is 35.1 Å². The molecule has 2 heterocycles. The van der Waals surface area contributed by atoms with Crippen LogP contribution >= 0.6 is 0 Å². The van der Waals surface area contributed by atoms with Gasteiger partial charge in [0.1, 0.15) is 17.8 Å². The van der Waals surface area contributed by atoms with Gasteiger partial charge in [-0.25, -0.2) is 0 Å². The maximum Gasteiger partial charge on any atom is 0.268 e. The molecule has 0 spiro atoms. The van der Waals surface area contributed by atoms with Crippen molar-refractivity contribution < 1.29 is 14.3 Å². The predicted molar refractivity (Wildman–Crippen MR) is 94.6 cm³/mol. The Labute approximate surface area is 146 Å². The molecule has 1 amide bonds. The van der Waals surface area contributed by atoms with Crippen LogP contribution in [0.1, 0.15) is 25.6 Å². The van der Waals surface area contributed by atoms with Gasteiger partial charge in [0.05, 0.1) is 5.69 Å². The Balaban J connectivity index is 1.95. The van der Waals surface area contributed by atoms with E-state index in [4.69, 9.17) is 4.74 Å². The van der Waals surface area contributed by atoms with Gasteiger partial charge < -0.3 is 4.74 Å². The number of ether oxygens (including phenoxy) is 1. The van der Waals surface area contributed by atoms with Crippen molar-refractivity contribution in [1.29, 1.82) is 0 Å². The highest BCUT2D eigenvalue weighted by Crippen LogP contribution is 2.33. The molecule has 0 saturated carbocycles. The third-order valence-corrected chi connectivity index (χ3v) is 3.86. The molecule has 6 nitrogen and oxygen atoms in total. The van der Waals surface area contributed by atoms with Crippen molar-refractivity contribution in [3.63, 3.8) is 0 Å². The Morgan fingerprint density at radius 3 is 2.68 bits per heavy atom. The summed E-state index contributed by atoms with van der Waals surface area (Å²) in [7, 11) is 0. The van der Waals surface area contributed by atoms with Crippen molar-refractivity contribution in [1.82, 2.24) is 4.57 Å². The van der Waals surface area contributed by atoms with Gasteiger partial charge in [0, 0.05) is 12.2 Å². The first-order chi connectivity index (χ1) is 12.0. The van der Waals surface area contributed by atoms with E-state index in [9.17, 15) is 9.59 Å². The molecule has 3 rings (SSSR count). The number of pyridine rings is 1. The average Bonchev–Trinajstić information content (AvgIpc) is 2.58. The first-order valence-corrected chi connectivity index (χ1v) is 8.29. The fourth-order valence-corrected chi connectivity index (χ4v) is 2.75. The van der Waals surface area contributed by atoms with Crippen LogP contribution in [0.4, 0.5) is 5.69 Å². The van der Waals surface area contributed by atoms with Crippen molar-refractivity contribution in [3.05, 3.63) is 54.1 Å². The lowest BCUT2D eigenvalue weighted by Gasteiger charge is -2.32. The maximum atomic E-state index is 12.8. The van der Waals surface area contributed by atoms with E-state index in [1.165, 1.54) is 9.47 Å². The Morgan fingerprint density at radius 2 is 1.92 bits per heavy atom. The lowest BCUT2D eigenvalue weighted by molar-refractivity contribution is -0.125. The summed E-state index contributed by atoms with van der Waals surface area (Å²) < 4.78 is 7.09. The molecule has 0 aliphatic carbocycles. The Bertz CT molecular complexity index is 870. The number of benzene rings is 1. The number of para-hydroxylation sites is 2. The second-order valence-electron chi connectivity index (χ2n) is 6.20. The molecule has 0 bridgehead atoms. The smallest absolute Gasteiger partial charge is 0.268 e. The van der Waals surface area contributed by atoms with Crippen LogP contribution in [0.5, 0.6) is 5.75 Å². The Hall–Kier alpha value is -2.89. The highest BCUT2D eigenvalue weighted by Gasteiger charge is 2.32. The number of aromatic nitrogens is 1. The van der Waals surface area contributed by atoms with Gasteiger partial charge >= 0.3 is 0 Å². The minimum Gasteiger partial charge on any atom is -0.479 e. The van der Waals surface area contributed by atoms with Gasteiger partial charge in [-0.05, 0) is 45.0 Å². The first kappa shape index (κ1) is 17.0. The molecule has 0 fully saturated rings. The van der Waals surface area contributed by atoms with Gasteiger partial charge in [0.25, 0.3) is 11.8 Å². The summed E-state index contributed by atoms with van der Waals surface area (Å²) in [6.07, 6.45) is 1.05. The molecule has 1 aliphatic heterocycles. The molecular weight excluding hydrogens is 318 g/mol. The number of hydrogen-bond acceptors (Lipinski definition) is 4. The lowest BCUT2D eigenvalue weighted by Crippen LogP contribution is -2.48. The summed E-state index contributed by atoms with van der Waals surface area (Å²) in [6.45, 7) is 5.51. The van der Waals surface area contributed by atoms with E-state index in [1.807, 2.05) is 32.0 Å². The second-order valence-corrected chi connectivity index (χ2v) is 6.20. The highest BCUT2D eigenvalue weighted by atomic mass is 16.5. The third-order valence-electron chi connectivity index (χ3n) is 3.86. The van der Waals surface area contributed by atoms with Gasteiger partial charge in [0.15, 0.2) is 6.10 Å². The third kappa shape index (κ3) is 3.47. The van der Waals surface area contributed by atoms with Crippen LogP contribution in [0.2, 0.25) is 0 Å². The van der Waals surface area contributed by atoms with Crippen LogP contribution in [0.3, 0.4) is 0 Å². The van der Waals surface area contributed by atoms with Gasteiger partial charge in [0.2, 0.25) is 0 Å². The molecular formula is C19H21N3O3. The lowest BCUT2D eigenvalue weighted by atomic mass is 10.2. The number of carbonyl (C=O) groups excluding carboxylic acids is 2. The van der Waals surface area contributed by atoms with Crippen molar-refractivity contribution >= 4 is 17.5 Å². The van der Waals surface area contributed by atoms with Gasteiger partial charge in [-0.3, -0.25) is 24.0 Å². The van der Waals surface area contributed by atoms with E-state index in [1.54, 1.807) is 37.4 Å². The maximum absolute atomic E-state index is 12.8. The summed E-state index contributed by atoms with van der Waals surface area (Å²) in [5.74, 6) is 0.149. The van der Waals surface area contributed by atoms with Crippen LogP contribution < -0.4 is 15.1 Å². The molecule has 0 radical (unpaired) electrons. The molecule has 2 aromatic rings. The van der Waals surface area contributed by atoms with E-state index in [0.29, 0.717) is 16.9 Å². The molecule has 0 N–H and O–H groups in total. The average molecular weight is 339 g/mol. The van der Waals surface area contributed by atoms with E-state index in [2.05, 4.69) is 4.99 Å². The van der Waals surface area contributed by atoms with Gasteiger partial charge in [-0.15, -0.1) is 0 Å². The van der Waals surface area contributed by atoms with Crippen LogP contribution in [0.25, 0.3) is 0 Å². The van der Waals surface area contributed by atoms with E-state index in [-0.39, 0.29) is 24.4 Å². The summed E-state index contributed by atoms with van der Waals surface area (Å²) in [4.78, 5) is 31.3. The quantitative estimate of drug-likeness (QED) is 0.861. The molecule has 1 aromatic carbocycles. The first-order valence-electron chi connectivity index (χ1n) is 8.29.